The Labute approximate surface area is 218 Å². The van der Waals surface area contributed by atoms with E-state index in [9.17, 15) is 13.2 Å². The largest absolute Gasteiger partial charge is 0.460 e. The molecule has 0 N–H and O–H groups in total. The fourth-order valence-electron chi connectivity index (χ4n) is 4.23. The number of benzene rings is 4. The van der Waals surface area contributed by atoms with Gasteiger partial charge in [0.15, 0.2) is 0 Å². The monoisotopic (exact) mass is 537 g/mol. The number of ether oxygens (including phenoxy) is 1. The third kappa shape index (κ3) is 4.48. The van der Waals surface area contributed by atoms with Crippen LogP contribution in [0.25, 0.3) is 21.8 Å². The molecule has 1 unspecified atom stereocenters. The molecule has 1 aromatic heterocycles. The third-order valence-corrected chi connectivity index (χ3v) is 8.31. The molecule has 0 amide bonds. The van der Waals surface area contributed by atoms with E-state index < -0.39 is 21.9 Å². The first-order valence-corrected chi connectivity index (χ1v) is 13.4. The molecule has 0 radical (unpaired) electrons. The van der Waals surface area contributed by atoms with Crippen LogP contribution in [0.1, 0.15) is 24.0 Å². The number of hydrogen-bond acceptors (Lipinski definition) is 4. The standard InChI is InChI=1S/C28H21Cl2NO4S/c1-18(28(32)35-17-19-6-3-2-4-7-19)20-10-12-24-25-16-22(30)11-13-26(25)31(27(24)14-20)36(33,34)23-9-5-8-21(29)15-23/h2-16,18H,17H2,1H3. The van der Waals surface area contributed by atoms with Crippen molar-refractivity contribution < 1.29 is 17.9 Å². The SMILES string of the molecule is CC(C(=O)OCc1ccccc1)c1ccc2c3cc(Cl)ccc3n(S(=O)(=O)c3cccc(Cl)c3)c2c1. The normalized spacial score (nSPS) is 12.6. The molecule has 0 spiro atoms. The molecule has 4 aromatic carbocycles. The fraction of sp³-hybridized carbons (Fsp3) is 0.107. The number of carbonyl (C=O) groups is 1. The Balaban J connectivity index is 1.61. The van der Waals surface area contributed by atoms with Gasteiger partial charge in [-0.3, -0.25) is 4.79 Å². The summed E-state index contributed by atoms with van der Waals surface area (Å²) in [6.07, 6.45) is 0. The van der Waals surface area contributed by atoms with Crippen LogP contribution in [0.2, 0.25) is 10.0 Å². The smallest absolute Gasteiger partial charge is 0.313 e. The Morgan fingerprint density at radius 3 is 2.33 bits per heavy atom. The van der Waals surface area contributed by atoms with Crippen molar-refractivity contribution in [1.29, 1.82) is 0 Å². The average molecular weight is 538 g/mol. The number of esters is 1. The van der Waals surface area contributed by atoms with Crippen molar-refractivity contribution in [2.24, 2.45) is 0 Å². The highest BCUT2D eigenvalue weighted by molar-refractivity contribution is 7.90. The summed E-state index contributed by atoms with van der Waals surface area (Å²) in [5.74, 6) is -1.01. The molecule has 8 heteroatoms. The van der Waals surface area contributed by atoms with Crippen molar-refractivity contribution in [2.45, 2.75) is 24.3 Å². The Morgan fingerprint density at radius 2 is 1.58 bits per heavy atom. The number of aromatic nitrogens is 1. The Bertz CT molecular complexity index is 1710. The summed E-state index contributed by atoms with van der Waals surface area (Å²) in [6.45, 7) is 1.90. The van der Waals surface area contributed by atoms with Crippen molar-refractivity contribution in [1.82, 2.24) is 3.97 Å². The highest BCUT2D eigenvalue weighted by Gasteiger charge is 2.25. The van der Waals surface area contributed by atoms with Crippen LogP contribution in [0.15, 0.2) is 95.9 Å². The van der Waals surface area contributed by atoms with E-state index in [-0.39, 0.29) is 11.5 Å². The van der Waals surface area contributed by atoms with E-state index in [1.807, 2.05) is 42.5 Å². The predicted octanol–water partition coefficient (Wildman–Crippen LogP) is 7.19. The lowest BCUT2D eigenvalue weighted by Gasteiger charge is -2.14. The quantitative estimate of drug-likeness (QED) is 0.215. The van der Waals surface area contributed by atoms with Crippen molar-refractivity contribution in [3.8, 4) is 0 Å². The second-order valence-electron chi connectivity index (χ2n) is 8.48. The fourth-order valence-corrected chi connectivity index (χ4v) is 6.22. The Hall–Kier alpha value is -3.32. The lowest BCUT2D eigenvalue weighted by Crippen LogP contribution is -2.14. The van der Waals surface area contributed by atoms with Crippen molar-refractivity contribution in [2.75, 3.05) is 0 Å². The lowest BCUT2D eigenvalue weighted by atomic mass is 9.99. The molecule has 0 aliphatic carbocycles. The number of fused-ring (bicyclic) bond motifs is 3. The van der Waals surface area contributed by atoms with Crippen LogP contribution < -0.4 is 0 Å². The van der Waals surface area contributed by atoms with Gasteiger partial charge in [0.25, 0.3) is 10.0 Å². The molecule has 5 nitrogen and oxygen atoms in total. The first-order chi connectivity index (χ1) is 17.3. The first kappa shape index (κ1) is 24.4. The molecule has 182 valence electrons. The second-order valence-corrected chi connectivity index (χ2v) is 11.1. The maximum Gasteiger partial charge on any atom is 0.313 e. The highest BCUT2D eigenvalue weighted by Crippen LogP contribution is 2.36. The minimum atomic E-state index is -4.02. The summed E-state index contributed by atoms with van der Waals surface area (Å²) in [4.78, 5) is 12.9. The molecule has 5 rings (SSSR count). The zero-order valence-corrected chi connectivity index (χ0v) is 21.5. The van der Waals surface area contributed by atoms with Crippen LogP contribution in [-0.2, 0) is 26.2 Å². The van der Waals surface area contributed by atoms with Gasteiger partial charge < -0.3 is 4.74 Å². The summed E-state index contributed by atoms with van der Waals surface area (Å²) < 4.78 is 34.4. The number of halogens is 2. The van der Waals surface area contributed by atoms with Crippen LogP contribution in [0.5, 0.6) is 0 Å². The number of hydrogen-bond donors (Lipinski definition) is 0. The van der Waals surface area contributed by atoms with Gasteiger partial charge >= 0.3 is 5.97 Å². The van der Waals surface area contributed by atoms with Crippen LogP contribution in [-0.4, -0.2) is 18.4 Å². The molecule has 1 atom stereocenters. The maximum atomic E-state index is 13.8. The molecule has 0 fully saturated rings. The Morgan fingerprint density at radius 1 is 0.833 bits per heavy atom. The summed E-state index contributed by atoms with van der Waals surface area (Å²) in [5.41, 5.74) is 2.44. The summed E-state index contributed by atoms with van der Waals surface area (Å²) in [5, 5.41) is 2.19. The minimum Gasteiger partial charge on any atom is -0.460 e. The number of carbonyl (C=O) groups excluding carboxylic acids is 1. The predicted molar refractivity (Wildman–Crippen MR) is 143 cm³/mol. The zero-order valence-electron chi connectivity index (χ0n) is 19.2. The molecule has 36 heavy (non-hydrogen) atoms. The van der Waals surface area contributed by atoms with E-state index in [2.05, 4.69) is 0 Å². The van der Waals surface area contributed by atoms with E-state index in [1.54, 1.807) is 43.3 Å². The van der Waals surface area contributed by atoms with Crippen LogP contribution in [0.3, 0.4) is 0 Å². The maximum absolute atomic E-state index is 13.8. The zero-order chi connectivity index (χ0) is 25.4. The van der Waals surface area contributed by atoms with Crippen molar-refractivity contribution in [3.63, 3.8) is 0 Å². The molecule has 0 aliphatic heterocycles. The molecule has 1 heterocycles. The van der Waals surface area contributed by atoms with Gasteiger partial charge in [0.05, 0.1) is 21.8 Å². The van der Waals surface area contributed by atoms with E-state index in [4.69, 9.17) is 27.9 Å². The van der Waals surface area contributed by atoms with Gasteiger partial charge in [-0.2, -0.15) is 0 Å². The highest BCUT2D eigenvalue weighted by atomic mass is 35.5. The molecule has 0 bridgehead atoms. The third-order valence-electron chi connectivity index (χ3n) is 6.12. The molecular weight excluding hydrogens is 517 g/mol. The molecular formula is C28H21Cl2NO4S. The van der Waals surface area contributed by atoms with Gasteiger partial charge in [-0.25, -0.2) is 12.4 Å². The Kier molecular flexibility index (Phi) is 6.51. The molecule has 5 aromatic rings. The van der Waals surface area contributed by atoms with Crippen LogP contribution in [0, 0.1) is 0 Å². The topological polar surface area (TPSA) is 65.4 Å². The average Bonchev–Trinajstić information content (AvgIpc) is 3.21. The summed E-state index contributed by atoms with van der Waals surface area (Å²) >= 11 is 12.4. The summed E-state index contributed by atoms with van der Waals surface area (Å²) in [6, 6.07) is 26.0. The van der Waals surface area contributed by atoms with E-state index in [0.717, 1.165) is 5.56 Å². The minimum absolute atomic E-state index is 0.0597. The summed E-state index contributed by atoms with van der Waals surface area (Å²) in [7, 11) is -4.02. The first-order valence-electron chi connectivity index (χ1n) is 11.2. The number of rotatable bonds is 6. The lowest BCUT2D eigenvalue weighted by molar-refractivity contribution is -0.146. The van der Waals surface area contributed by atoms with Gasteiger partial charge in [0, 0.05) is 20.8 Å². The van der Waals surface area contributed by atoms with E-state index >= 15 is 0 Å². The van der Waals surface area contributed by atoms with Crippen molar-refractivity contribution >= 4 is 61.0 Å². The molecule has 0 saturated carbocycles. The molecule has 0 saturated heterocycles. The van der Waals surface area contributed by atoms with Gasteiger partial charge in [-0.1, -0.05) is 71.7 Å². The van der Waals surface area contributed by atoms with Gasteiger partial charge in [0.2, 0.25) is 0 Å². The number of nitrogens with zero attached hydrogens (tertiary/aromatic N) is 1. The van der Waals surface area contributed by atoms with Crippen molar-refractivity contribution in [3.05, 3.63) is 112 Å². The molecule has 0 aliphatic rings. The van der Waals surface area contributed by atoms with Crippen LogP contribution >= 0.6 is 23.2 Å². The van der Waals surface area contributed by atoms with Gasteiger partial charge in [-0.05, 0) is 60.5 Å². The van der Waals surface area contributed by atoms with E-state index in [1.165, 1.54) is 16.1 Å². The second kappa shape index (κ2) is 9.62. The van der Waals surface area contributed by atoms with Crippen LogP contribution in [0.4, 0.5) is 0 Å². The van der Waals surface area contributed by atoms with Gasteiger partial charge in [0.1, 0.15) is 6.61 Å². The van der Waals surface area contributed by atoms with E-state index in [0.29, 0.717) is 37.4 Å². The van der Waals surface area contributed by atoms with Gasteiger partial charge in [-0.15, -0.1) is 0 Å².